The second-order valence-electron chi connectivity index (χ2n) is 4.76. The molecule has 1 aromatic carbocycles. The molecule has 0 radical (unpaired) electrons. The van der Waals surface area contributed by atoms with Crippen LogP contribution in [0, 0.1) is 18.3 Å². The van der Waals surface area contributed by atoms with Crippen LogP contribution in [0.1, 0.15) is 30.0 Å². The summed E-state index contributed by atoms with van der Waals surface area (Å²) >= 11 is 0. The number of ether oxygens (including phenoxy) is 2. The Morgan fingerprint density at radius 1 is 1.41 bits per heavy atom. The first-order valence-electron chi connectivity index (χ1n) is 6.80. The maximum absolute atomic E-state index is 11.9. The van der Waals surface area contributed by atoms with Crippen molar-refractivity contribution >= 4 is 5.97 Å². The van der Waals surface area contributed by atoms with Gasteiger partial charge in [-0.2, -0.15) is 5.26 Å². The summed E-state index contributed by atoms with van der Waals surface area (Å²) in [6, 6.07) is 10.6. The minimum atomic E-state index is -0.455. The Morgan fingerprint density at radius 2 is 2.14 bits per heavy atom. The summed E-state index contributed by atoms with van der Waals surface area (Å²) in [5.41, 5.74) is 1.39. The van der Waals surface area contributed by atoms with E-state index < -0.39 is 6.10 Å². The zero-order valence-corrected chi connectivity index (χ0v) is 12.4. The van der Waals surface area contributed by atoms with Crippen molar-refractivity contribution in [2.24, 2.45) is 0 Å². The van der Waals surface area contributed by atoms with E-state index in [2.05, 4.69) is 5.16 Å². The quantitative estimate of drug-likeness (QED) is 0.762. The molecule has 2 aromatic rings. The van der Waals surface area contributed by atoms with Gasteiger partial charge in [-0.3, -0.25) is 4.79 Å². The number of carbonyl (C=O) groups excluding carboxylic acids is 1. The standard InChI is InChI=1S/C16H16N2O4/c1-11-9-15(18-22-11)12(2)21-16(19)10-13-3-5-14(6-4-13)20-8-7-17/h3-6,9,12H,8,10H2,1-2H3/t12-/m1/s1. The molecule has 0 aliphatic rings. The number of esters is 1. The number of benzene rings is 1. The van der Waals surface area contributed by atoms with Gasteiger partial charge in [-0.25, -0.2) is 0 Å². The monoisotopic (exact) mass is 300 g/mol. The number of carbonyl (C=O) groups is 1. The first-order valence-corrected chi connectivity index (χ1v) is 6.80. The highest BCUT2D eigenvalue weighted by Crippen LogP contribution is 2.18. The molecule has 0 saturated heterocycles. The highest BCUT2D eigenvalue weighted by atomic mass is 16.5. The van der Waals surface area contributed by atoms with Crippen LogP contribution in [-0.2, 0) is 16.0 Å². The number of aryl methyl sites for hydroxylation is 1. The van der Waals surface area contributed by atoms with Crippen LogP contribution in [0.25, 0.3) is 0 Å². The van der Waals surface area contributed by atoms with E-state index in [1.54, 1.807) is 44.2 Å². The third-order valence-electron chi connectivity index (χ3n) is 2.95. The molecule has 0 bridgehead atoms. The van der Waals surface area contributed by atoms with Crippen molar-refractivity contribution in [3.8, 4) is 11.8 Å². The minimum absolute atomic E-state index is 0.00395. The van der Waals surface area contributed by atoms with Crippen LogP contribution in [0.3, 0.4) is 0 Å². The van der Waals surface area contributed by atoms with Crippen molar-refractivity contribution < 1.29 is 18.8 Å². The third-order valence-corrected chi connectivity index (χ3v) is 2.95. The smallest absolute Gasteiger partial charge is 0.310 e. The van der Waals surface area contributed by atoms with Gasteiger partial charge in [-0.15, -0.1) is 0 Å². The molecule has 0 aliphatic heterocycles. The number of rotatable bonds is 6. The fourth-order valence-corrected chi connectivity index (χ4v) is 1.86. The van der Waals surface area contributed by atoms with Crippen LogP contribution >= 0.6 is 0 Å². The number of aromatic nitrogens is 1. The number of nitrogens with zero attached hydrogens (tertiary/aromatic N) is 2. The van der Waals surface area contributed by atoms with Gasteiger partial charge in [-0.05, 0) is 31.5 Å². The number of hydrogen-bond acceptors (Lipinski definition) is 6. The highest BCUT2D eigenvalue weighted by Gasteiger charge is 2.15. The molecule has 6 nitrogen and oxygen atoms in total. The zero-order chi connectivity index (χ0) is 15.9. The molecule has 1 atom stereocenters. The van der Waals surface area contributed by atoms with E-state index in [1.165, 1.54) is 0 Å². The summed E-state index contributed by atoms with van der Waals surface area (Å²) in [6.07, 6.45) is -0.303. The van der Waals surface area contributed by atoms with Gasteiger partial charge in [-0.1, -0.05) is 17.3 Å². The number of hydrogen-bond donors (Lipinski definition) is 0. The second-order valence-corrected chi connectivity index (χ2v) is 4.76. The van der Waals surface area contributed by atoms with Crippen molar-refractivity contribution in [1.29, 1.82) is 5.26 Å². The average Bonchev–Trinajstić information content (AvgIpc) is 2.93. The van der Waals surface area contributed by atoms with Gasteiger partial charge in [0.2, 0.25) is 0 Å². The van der Waals surface area contributed by atoms with Gasteiger partial charge in [0, 0.05) is 6.07 Å². The zero-order valence-electron chi connectivity index (χ0n) is 12.4. The van der Waals surface area contributed by atoms with Gasteiger partial charge in [0.05, 0.1) is 6.42 Å². The molecule has 0 fully saturated rings. The molecule has 0 amide bonds. The van der Waals surface area contributed by atoms with E-state index in [1.807, 2.05) is 6.07 Å². The largest absolute Gasteiger partial charge is 0.479 e. The SMILES string of the molecule is Cc1cc([C@@H](C)OC(=O)Cc2ccc(OCC#N)cc2)no1. The highest BCUT2D eigenvalue weighted by molar-refractivity contribution is 5.72. The molecule has 1 aromatic heterocycles. The Morgan fingerprint density at radius 3 is 2.73 bits per heavy atom. The molecule has 2 rings (SSSR count). The molecule has 0 aliphatic carbocycles. The Hall–Kier alpha value is -2.81. The summed E-state index contributed by atoms with van der Waals surface area (Å²) in [5.74, 6) is 0.912. The molecule has 6 heteroatoms. The van der Waals surface area contributed by atoms with Crippen LogP contribution in [0.4, 0.5) is 0 Å². The summed E-state index contributed by atoms with van der Waals surface area (Å²) in [6.45, 7) is 3.52. The lowest BCUT2D eigenvalue weighted by Gasteiger charge is -2.10. The maximum atomic E-state index is 11.9. The van der Waals surface area contributed by atoms with Crippen LogP contribution in [0.2, 0.25) is 0 Å². The first-order chi connectivity index (χ1) is 10.6. The van der Waals surface area contributed by atoms with Crippen LogP contribution in [0.15, 0.2) is 34.9 Å². The molecule has 1 heterocycles. The third kappa shape index (κ3) is 4.35. The van der Waals surface area contributed by atoms with E-state index in [9.17, 15) is 4.79 Å². The van der Waals surface area contributed by atoms with E-state index in [-0.39, 0.29) is 19.0 Å². The molecule has 114 valence electrons. The summed E-state index contributed by atoms with van der Waals surface area (Å²) in [7, 11) is 0. The molecule has 0 spiro atoms. The van der Waals surface area contributed by atoms with E-state index in [0.29, 0.717) is 17.2 Å². The van der Waals surface area contributed by atoms with Gasteiger partial charge in [0.15, 0.2) is 6.61 Å². The van der Waals surface area contributed by atoms with Crippen molar-refractivity contribution in [2.75, 3.05) is 6.61 Å². The topological polar surface area (TPSA) is 85.4 Å². The van der Waals surface area contributed by atoms with Crippen molar-refractivity contribution in [2.45, 2.75) is 26.4 Å². The number of nitriles is 1. The summed E-state index contributed by atoms with van der Waals surface area (Å²) < 4.78 is 15.4. The van der Waals surface area contributed by atoms with E-state index in [4.69, 9.17) is 19.3 Å². The Kier molecular flexibility index (Phi) is 5.15. The molecular weight excluding hydrogens is 284 g/mol. The van der Waals surface area contributed by atoms with Gasteiger partial charge in [0.1, 0.15) is 29.4 Å². The van der Waals surface area contributed by atoms with Gasteiger partial charge in [0.25, 0.3) is 0 Å². The average molecular weight is 300 g/mol. The lowest BCUT2D eigenvalue weighted by Crippen LogP contribution is -2.11. The van der Waals surface area contributed by atoms with Crippen molar-refractivity contribution in [3.05, 3.63) is 47.3 Å². The van der Waals surface area contributed by atoms with E-state index in [0.717, 1.165) is 5.56 Å². The Balaban J connectivity index is 1.87. The fraction of sp³-hybridized carbons (Fsp3) is 0.312. The minimum Gasteiger partial charge on any atom is -0.479 e. The molecule has 0 unspecified atom stereocenters. The lowest BCUT2D eigenvalue weighted by molar-refractivity contribution is -0.148. The molecule has 0 N–H and O–H groups in total. The Bertz CT molecular complexity index is 670. The Labute approximate surface area is 128 Å². The molecule has 0 saturated carbocycles. The second kappa shape index (κ2) is 7.27. The van der Waals surface area contributed by atoms with Gasteiger partial charge >= 0.3 is 5.97 Å². The summed E-state index contributed by atoms with van der Waals surface area (Å²) in [4.78, 5) is 11.9. The van der Waals surface area contributed by atoms with Crippen LogP contribution in [0.5, 0.6) is 5.75 Å². The molecule has 22 heavy (non-hydrogen) atoms. The predicted octanol–water partition coefficient (Wildman–Crippen LogP) is 2.73. The molecular formula is C16H16N2O4. The predicted molar refractivity (Wildman–Crippen MR) is 77.0 cm³/mol. The van der Waals surface area contributed by atoms with E-state index >= 15 is 0 Å². The summed E-state index contributed by atoms with van der Waals surface area (Å²) in [5, 5.41) is 12.3. The maximum Gasteiger partial charge on any atom is 0.310 e. The van der Waals surface area contributed by atoms with Crippen molar-refractivity contribution in [3.63, 3.8) is 0 Å². The van der Waals surface area contributed by atoms with Crippen LogP contribution in [-0.4, -0.2) is 17.7 Å². The van der Waals surface area contributed by atoms with Gasteiger partial charge < -0.3 is 14.0 Å². The first kappa shape index (κ1) is 15.6. The normalized spacial score (nSPS) is 11.5. The lowest BCUT2D eigenvalue weighted by atomic mass is 10.1. The fourth-order valence-electron chi connectivity index (χ4n) is 1.86. The van der Waals surface area contributed by atoms with Crippen LogP contribution < -0.4 is 4.74 Å². The van der Waals surface area contributed by atoms with Crippen molar-refractivity contribution in [1.82, 2.24) is 5.16 Å².